The molecule has 6 nitrogen and oxygen atoms in total. The van der Waals surface area contributed by atoms with Gasteiger partial charge in [-0.3, -0.25) is 9.59 Å². The van der Waals surface area contributed by atoms with Crippen LogP contribution >= 0.6 is 0 Å². The second kappa shape index (κ2) is 4.57. The van der Waals surface area contributed by atoms with Crippen molar-refractivity contribution >= 4 is 11.8 Å². The molecule has 1 aromatic rings. The number of carbonyl (C=O) groups excluding carboxylic acids is 2. The zero-order chi connectivity index (χ0) is 12.4. The van der Waals surface area contributed by atoms with E-state index < -0.39 is 0 Å². The molecule has 1 aliphatic rings. The van der Waals surface area contributed by atoms with Crippen molar-refractivity contribution in [2.45, 2.75) is 6.92 Å². The summed E-state index contributed by atoms with van der Waals surface area (Å²) < 4.78 is 1.71. The number of hydrogen-bond donors (Lipinski definition) is 0. The van der Waals surface area contributed by atoms with Crippen LogP contribution in [0.3, 0.4) is 0 Å². The molecule has 1 fully saturated rings. The summed E-state index contributed by atoms with van der Waals surface area (Å²) in [6.45, 7) is 3.95. The highest BCUT2D eigenvalue weighted by Crippen LogP contribution is 2.07. The van der Waals surface area contributed by atoms with Crippen LogP contribution in [-0.4, -0.2) is 57.3 Å². The highest BCUT2D eigenvalue weighted by Gasteiger charge is 2.24. The Labute approximate surface area is 99.8 Å². The average molecular weight is 236 g/mol. The Bertz CT molecular complexity index is 432. The van der Waals surface area contributed by atoms with Gasteiger partial charge in [-0.25, -0.2) is 4.98 Å². The van der Waals surface area contributed by atoms with Gasteiger partial charge in [0.2, 0.25) is 5.91 Å². The van der Waals surface area contributed by atoms with Crippen LogP contribution in [0.1, 0.15) is 17.4 Å². The van der Waals surface area contributed by atoms with E-state index >= 15 is 0 Å². The molecular weight excluding hydrogens is 220 g/mol. The van der Waals surface area contributed by atoms with Crippen LogP contribution in [0.5, 0.6) is 0 Å². The number of aromatic nitrogens is 2. The first-order chi connectivity index (χ1) is 8.09. The van der Waals surface area contributed by atoms with Crippen molar-refractivity contribution in [1.82, 2.24) is 19.4 Å². The van der Waals surface area contributed by atoms with Crippen molar-refractivity contribution in [3.05, 3.63) is 18.2 Å². The molecule has 0 bridgehead atoms. The number of piperazine rings is 1. The Morgan fingerprint density at radius 1 is 1.18 bits per heavy atom. The van der Waals surface area contributed by atoms with Crippen molar-refractivity contribution in [2.75, 3.05) is 26.2 Å². The lowest BCUT2D eigenvalue weighted by atomic mass is 10.3. The van der Waals surface area contributed by atoms with Crippen molar-refractivity contribution < 1.29 is 9.59 Å². The number of imidazole rings is 1. The molecule has 17 heavy (non-hydrogen) atoms. The molecule has 1 saturated heterocycles. The molecule has 2 amide bonds. The predicted octanol–water partition coefficient (Wildman–Crippen LogP) is -0.276. The fraction of sp³-hybridized carbons (Fsp3) is 0.545. The van der Waals surface area contributed by atoms with E-state index in [1.54, 1.807) is 40.9 Å². The first kappa shape index (κ1) is 11.6. The number of aryl methyl sites for hydroxylation is 1. The van der Waals surface area contributed by atoms with Gasteiger partial charge in [0.05, 0.1) is 12.5 Å². The lowest BCUT2D eigenvalue weighted by molar-refractivity contribution is -0.130. The van der Waals surface area contributed by atoms with Crippen molar-refractivity contribution in [3.63, 3.8) is 0 Å². The van der Waals surface area contributed by atoms with Gasteiger partial charge in [-0.2, -0.15) is 0 Å². The Hall–Kier alpha value is -1.85. The van der Waals surface area contributed by atoms with E-state index in [0.29, 0.717) is 31.9 Å². The molecule has 92 valence electrons. The minimum atomic E-state index is -0.0202. The van der Waals surface area contributed by atoms with Crippen LogP contribution in [0.4, 0.5) is 0 Å². The minimum absolute atomic E-state index is 0.0202. The summed E-state index contributed by atoms with van der Waals surface area (Å²) in [5.41, 5.74) is 0.585. The monoisotopic (exact) mass is 236 g/mol. The molecule has 6 heteroatoms. The molecule has 0 aliphatic carbocycles. The second-order valence-corrected chi connectivity index (χ2v) is 4.19. The fourth-order valence-electron chi connectivity index (χ4n) is 1.95. The summed E-state index contributed by atoms with van der Waals surface area (Å²) in [7, 11) is 1.80. The molecule has 2 heterocycles. The van der Waals surface area contributed by atoms with Gasteiger partial charge in [-0.15, -0.1) is 0 Å². The molecule has 0 N–H and O–H groups in total. The normalized spacial score (nSPS) is 16.1. The highest BCUT2D eigenvalue weighted by molar-refractivity contribution is 5.92. The zero-order valence-corrected chi connectivity index (χ0v) is 10.1. The lowest BCUT2D eigenvalue weighted by Gasteiger charge is -2.34. The third kappa shape index (κ3) is 2.30. The maximum absolute atomic E-state index is 12.1. The number of nitrogens with zero attached hydrogens (tertiary/aromatic N) is 4. The molecule has 0 radical (unpaired) electrons. The standard InChI is InChI=1S/C11H16N4O2/c1-9(16)14-3-5-15(6-4-14)11(17)10-7-12-8-13(10)2/h7-8H,3-6H2,1-2H3. The molecule has 1 aliphatic heterocycles. The third-order valence-electron chi connectivity index (χ3n) is 3.05. The van der Waals surface area contributed by atoms with E-state index in [0.717, 1.165) is 0 Å². The molecule has 0 spiro atoms. The van der Waals surface area contributed by atoms with Crippen LogP contribution in [0.15, 0.2) is 12.5 Å². The van der Waals surface area contributed by atoms with E-state index in [-0.39, 0.29) is 11.8 Å². The zero-order valence-electron chi connectivity index (χ0n) is 10.1. The quantitative estimate of drug-likeness (QED) is 0.674. The SMILES string of the molecule is CC(=O)N1CCN(C(=O)c2cncn2C)CC1. The van der Waals surface area contributed by atoms with Gasteiger partial charge in [-0.05, 0) is 0 Å². The van der Waals surface area contributed by atoms with Crippen LogP contribution in [0, 0.1) is 0 Å². The minimum Gasteiger partial charge on any atom is -0.339 e. The summed E-state index contributed by atoms with van der Waals surface area (Å²) in [6.07, 6.45) is 3.18. The molecule has 0 atom stereocenters. The van der Waals surface area contributed by atoms with Gasteiger partial charge in [0.25, 0.3) is 5.91 Å². The van der Waals surface area contributed by atoms with Crippen molar-refractivity contribution in [3.8, 4) is 0 Å². The number of rotatable bonds is 1. The Kier molecular flexibility index (Phi) is 3.12. The summed E-state index contributed by atoms with van der Waals surface area (Å²) in [5.74, 6) is 0.0471. The Morgan fingerprint density at radius 3 is 2.24 bits per heavy atom. The largest absolute Gasteiger partial charge is 0.339 e. The van der Waals surface area contributed by atoms with Crippen LogP contribution < -0.4 is 0 Å². The third-order valence-corrected chi connectivity index (χ3v) is 3.05. The van der Waals surface area contributed by atoms with Gasteiger partial charge < -0.3 is 14.4 Å². The molecule has 0 saturated carbocycles. The van der Waals surface area contributed by atoms with Crippen molar-refractivity contribution in [2.24, 2.45) is 7.05 Å². The Balaban J connectivity index is 2.00. The second-order valence-electron chi connectivity index (χ2n) is 4.19. The average Bonchev–Trinajstić information content (AvgIpc) is 2.74. The maximum atomic E-state index is 12.1. The van der Waals surface area contributed by atoms with Gasteiger partial charge in [0, 0.05) is 40.2 Å². The lowest BCUT2D eigenvalue weighted by Crippen LogP contribution is -2.50. The summed E-state index contributed by atoms with van der Waals surface area (Å²) >= 11 is 0. The van der Waals surface area contributed by atoms with Crippen LogP contribution in [0.2, 0.25) is 0 Å². The summed E-state index contributed by atoms with van der Waals surface area (Å²) in [4.78, 5) is 30.7. The van der Waals surface area contributed by atoms with Gasteiger partial charge in [0.1, 0.15) is 5.69 Å². The smallest absolute Gasteiger partial charge is 0.272 e. The van der Waals surface area contributed by atoms with Gasteiger partial charge in [-0.1, -0.05) is 0 Å². The van der Waals surface area contributed by atoms with Gasteiger partial charge >= 0.3 is 0 Å². The summed E-state index contributed by atoms with van der Waals surface area (Å²) in [6, 6.07) is 0. The Morgan fingerprint density at radius 2 is 1.76 bits per heavy atom. The fourth-order valence-corrected chi connectivity index (χ4v) is 1.95. The highest BCUT2D eigenvalue weighted by atomic mass is 16.2. The van der Waals surface area contributed by atoms with E-state index in [9.17, 15) is 9.59 Å². The van der Waals surface area contributed by atoms with E-state index in [1.807, 2.05) is 0 Å². The van der Waals surface area contributed by atoms with Gasteiger partial charge in [0.15, 0.2) is 0 Å². The van der Waals surface area contributed by atoms with Crippen LogP contribution in [-0.2, 0) is 11.8 Å². The summed E-state index contributed by atoms with van der Waals surface area (Å²) in [5, 5.41) is 0. The number of carbonyl (C=O) groups is 2. The maximum Gasteiger partial charge on any atom is 0.272 e. The first-order valence-electron chi connectivity index (χ1n) is 5.60. The van der Waals surface area contributed by atoms with Crippen LogP contribution in [0.25, 0.3) is 0 Å². The van der Waals surface area contributed by atoms with E-state index in [4.69, 9.17) is 0 Å². The van der Waals surface area contributed by atoms with E-state index in [1.165, 1.54) is 0 Å². The first-order valence-corrected chi connectivity index (χ1v) is 5.60. The molecule has 0 aromatic carbocycles. The molecule has 1 aromatic heterocycles. The number of hydrogen-bond acceptors (Lipinski definition) is 3. The molecular formula is C11H16N4O2. The number of amides is 2. The predicted molar refractivity (Wildman–Crippen MR) is 61.4 cm³/mol. The topological polar surface area (TPSA) is 58.4 Å². The van der Waals surface area contributed by atoms with E-state index in [2.05, 4.69) is 4.98 Å². The molecule has 2 rings (SSSR count). The van der Waals surface area contributed by atoms with Crippen molar-refractivity contribution in [1.29, 1.82) is 0 Å². The molecule has 0 unspecified atom stereocenters.